The van der Waals surface area contributed by atoms with E-state index in [0.717, 1.165) is 0 Å². The van der Waals surface area contributed by atoms with Crippen molar-refractivity contribution in [3.63, 3.8) is 0 Å². The molecule has 0 spiro atoms. The van der Waals surface area contributed by atoms with E-state index < -0.39 is 0 Å². The fourth-order valence-electron chi connectivity index (χ4n) is 1.17. The number of amides is 2. The molecule has 66 valence electrons. The zero-order chi connectivity index (χ0) is 8.97. The molecule has 0 atom stereocenters. The lowest BCUT2D eigenvalue weighted by Gasteiger charge is -2.23. The van der Waals surface area contributed by atoms with Crippen LogP contribution < -0.4 is 5.73 Å². The van der Waals surface area contributed by atoms with Crippen LogP contribution in [-0.2, 0) is 9.59 Å². The molecular weight excluding hydrogens is 156 g/mol. The van der Waals surface area contributed by atoms with Crippen LogP contribution in [0.4, 0.5) is 0 Å². The van der Waals surface area contributed by atoms with E-state index in [2.05, 4.69) is 0 Å². The maximum atomic E-state index is 11.1. The first-order chi connectivity index (χ1) is 5.75. The number of hydrogen-bond acceptors (Lipinski definition) is 3. The molecule has 2 amide bonds. The zero-order valence-corrected chi connectivity index (χ0v) is 6.82. The Morgan fingerprint density at radius 3 is 2.42 bits per heavy atom. The van der Waals surface area contributed by atoms with Crippen LogP contribution in [-0.4, -0.2) is 23.3 Å². The first kappa shape index (κ1) is 8.77. The van der Waals surface area contributed by atoms with Crippen LogP contribution in [0.5, 0.6) is 0 Å². The number of nitrogens with zero attached hydrogens (tertiary/aromatic N) is 1. The minimum atomic E-state index is -0.0932. The molecule has 2 N–H and O–H groups in total. The van der Waals surface area contributed by atoms with Gasteiger partial charge in [-0.1, -0.05) is 0 Å². The summed E-state index contributed by atoms with van der Waals surface area (Å²) in [6.07, 6.45) is 4.57. The van der Waals surface area contributed by atoms with Gasteiger partial charge < -0.3 is 5.73 Å². The van der Waals surface area contributed by atoms with E-state index in [0.29, 0.717) is 25.8 Å². The van der Waals surface area contributed by atoms with Gasteiger partial charge in [0.25, 0.3) is 0 Å². The molecule has 1 saturated heterocycles. The van der Waals surface area contributed by atoms with Crippen molar-refractivity contribution in [3.8, 4) is 0 Å². The summed E-state index contributed by atoms with van der Waals surface area (Å²) >= 11 is 0. The number of likely N-dealkylation sites (tertiary alicyclic amines) is 1. The first-order valence-electron chi connectivity index (χ1n) is 3.95. The Balaban J connectivity index is 2.57. The average molecular weight is 168 g/mol. The smallest absolute Gasteiger partial charge is 0.229 e. The van der Waals surface area contributed by atoms with E-state index in [1.165, 1.54) is 11.1 Å². The summed E-state index contributed by atoms with van der Waals surface area (Å²) in [5.74, 6) is -0.186. The number of imide groups is 1. The molecule has 4 heteroatoms. The second-order valence-corrected chi connectivity index (χ2v) is 2.68. The van der Waals surface area contributed by atoms with Crippen molar-refractivity contribution in [2.24, 2.45) is 5.73 Å². The number of hydrogen-bond donors (Lipinski definition) is 1. The van der Waals surface area contributed by atoms with Crippen molar-refractivity contribution >= 4 is 11.8 Å². The van der Waals surface area contributed by atoms with Gasteiger partial charge in [0.05, 0.1) is 0 Å². The van der Waals surface area contributed by atoms with Gasteiger partial charge in [-0.25, -0.2) is 0 Å². The van der Waals surface area contributed by atoms with Crippen LogP contribution in [0.25, 0.3) is 0 Å². The number of nitrogens with two attached hydrogens (primary N) is 1. The predicted octanol–water partition coefficient (Wildman–Crippen LogP) is -0.00210. The molecule has 0 saturated carbocycles. The molecule has 1 rings (SSSR count). The Morgan fingerprint density at radius 1 is 1.33 bits per heavy atom. The fraction of sp³-hybridized carbons (Fsp3) is 0.500. The highest BCUT2D eigenvalue weighted by molar-refractivity contribution is 5.97. The molecule has 0 unspecified atom stereocenters. The first-order valence-corrected chi connectivity index (χ1v) is 3.95. The van der Waals surface area contributed by atoms with Crippen LogP contribution in [0, 0.1) is 0 Å². The number of carbonyl (C=O) groups is 2. The molecule has 0 aromatic rings. The van der Waals surface area contributed by atoms with E-state index in [4.69, 9.17) is 5.73 Å². The molecule has 0 bridgehead atoms. The molecule has 0 aromatic heterocycles. The largest absolute Gasteiger partial charge is 0.405 e. The maximum absolute atomic E-state index is 11.1. The molecule has 1 aliphatic heterocycles. The molecule has 4 nitrogen and oxygen atoms in total. The summed E-state index contributed by atoms with van der Waals surface area (Å²) in [7, 11) is 0. The fourth-order valence-corrected chi connectivity index (χ4v) is 1.17. The molecule has 0 radical (unpaired) electrons. The Morgan fingerprint density at radius 2 is 1.92 bits per heavy atom. The number of rotatable bonds is 2. The van der Waals surface area contributed by atoms with Gasteiger partial charge in [0.1, 0.15) is 0 Å². The molecule has 0 aromatic carbocycles. The monoisotopic (exact) mass is 168 g/mol. The van der Waals surface area contributed by atoms with E-state index >= 15 is 0 Å². The Labute approximate surface area is 71.0 Å². The van der Waals surface area contributed by atoms with Crippen molar-refractivity contribution in [1.82, 2.24) is 4.90 Å². The summed E-state index contributed by atoms with van der Waals surface area (Å²) in [5.41, 5.74) is 5.11. The molecule has 12 heavy (non-hydrogen) atoms. The van der Waals surface area contributed by atoms with Gasteiger partial charge in [0.2, 0.25) is 11.8 Å². The Kier molecular flexibility index (Phi) is 2.85. The lowest BCUT2D eigenvalue weighted by Crippen LogP contribution is -2.40. The van der Waals surface area contributed by atoms with Gasteiger partial charge in [-0.3, -0.25) is 14.5 Å². The van der Waals surface area contributed by atoms with Crippen LogP contribution in [0.15, 0.2) is 12.3 Å². The predicted molar refractivity (Wildman–Crippen MR) is 43.9 cm³/mol. The van der Waals surface area contributed by atoms with Crippen LogP contribution >= 0.6 is 0 Å². The summed E-state index contributed by atoms with van der Waals surface area (Å²) < 4.78 is 0. The molecule has 1 fully saturated rings. The highest BCUT2D eigenvalue weighted by atomic mass is 16.2. The highest BCUT2D eigenvalue weighted by Gasteiger charge is 2.24. The van der Waals surface area contributed by atoms with Crippen molar-refractivity contribution in [2.45, 2.75) is 19.3 Å². The van der Waals surface area contributed by atoms with E-state index in [1.54, 1.807) is 6.08 Å². The van der Waals surface area contributed by atoms with Gasteiger partial charge in [-0.15, -0.1) is 0 Å². The number of piperidine rings is 1. The van der Waals surface area contributed by atoms with Crippen LogP contribution in [0.3, 0.4) is 0 Å². The lowest BCUT2D eigenvalue weighted by molar-refractivity contribution is -0.147. The van der Waals surface area contributed by atoms with E-state index in [9.17, 15) is 9.59 Å². The van der Waals surface area contributed by atoms with Crippen molar-refractivity contribution in [1.29, 1.82) is 0 Å². The third-order valence-corrected chi connectivity index (χ3v) is 1.81. The lowest BCUT2D eigenvalue weighted by atomic mass is 10.1. The topological polar surface area (TPSA) is 63.4 Å². The minimum absolute atomic E-state index is 0.0932. The highest BCUT2D eigenvalue weighted by Crippen LogP contribution is 2.11. The molecular formula is C8H12N2O2. The summed E-state index contributed by atoms with van der Waals surface area (Å²) in [6, 6.07) is 0. The summed E-state index contributed by atoms with van der Waals surface area (Å²) in [6.45, 7) is 0.314. The molecule has 1 heterocycles. The second-order valence-electron chi connectivity index (χ2n) is 2.68. The average Bonchev–Trinajstić information content (AvgIpc) is 2.04. The van der Waals surface area contributed by atoms with Gasteiger partial charge in [0, 0.05) is 19.4 Å². The molecule has 0 aliphatic carbocycles. The molecule has 1 aliphatic rings. The van der Waals surface area contributed by atoms with Crippen molar-refractivity contribution in [3.05, 3.63) is 12.3 Å². The van der Waals surface area contributed by atoms with Gasteiger partial charge >= 0.3 is 0 Å². The van der Waals surface area contributed by atoms with Gasteiger partial charge in [0.15, 0.2) is 0 Å². The minimum Gasteiger partial charge on any atom is -0.405 e. The third-order valence-electron chi connectivity index (χ3n) is 1.81. The summed E-state index contributed by atoms with van der Waals surface area (Å²) in [5, 5.41) is 0. The van der Waals surface area contributed by atoms with Crippen LogP contribution in [0.1, 0.15) is 19.3 Å². The maximum Gasteiger partial charge on any atom is 0.229 e. The van der Waals surface area contributed by atoms with Crippen LogP contribution in [0.2, 0.25) is 0 Å². The quantitative estimate of drug-likeness (QED) is 0.590. The van der Waals surface area contributed by atoms with E-state index in [-0.39, 0.29) is 11.8 Å². The van der Waals surface area contributed by atoms with Gasteiger partial charge in [-0.2, -0.15) is 0 Å². The standard InChI is InChI=1S/C8H12N2O2/c9-5-2-6-10-7(11)3-1-4-8(10)12/h2,5H,1,3-4,6,9H2. The third kappa shape index (κ3) is 1.84. The normalized spacial score (nSPS) is 19.2. The van der Waals surface area contributed by atoms with Gasteiger partial charge in [-0.05, 0) is 18.7 Å². The van der Waals surface area contributed by atoms with E-state index in [1.807, 2.05) is 0 Å². The Bertz CT molecular complexity index is 207. The van der Waals surface area contributed by atoms with Crippen molar-refractivity contribution in [2.75, 3.05) is 6.54 Å². The second kappa shape index (κ2) is 3.90. The number of carbonyl (C=O) groups excluding carboxylic acids is 2. The van der Waals surface area contributed by atoms with Crippen molar-refractivity contribution < 1.29 is 9.59 Å². The SMILES string of the molecule is NC=CCN1C(=O)CCCC1=O. The Hall–Kier alpha value is -1.32. The summed E-state index contributed by atoms with van der Waals surface area (Å²) in [4.78, 5) is 23.5. The zero-order valence-electron chi connectivity index (χ0n) is 6.82.